The van der Waals surface area contributed by atoms with E-state index in [1.54, 1.807) is 4.52 Å². The second-order valence-corrected chi connectivity index (χ2v) is 6.26. The molecular formula is C19H20N4O2. The van der Waals surface area contributed by atoms with Gasteiger partial charge in [0.2, 0.25) is 11.9 Å². The summed E-state index contributed by atoms with van der Waals surface area (Å²) in [5.41, 5.74) is 2.71. The Labute approximate surface area is 145 Å². The lowest BCUT2D eigenvalue weighted by atomic mass is 10.1. The van der Waals surface area contributed by atoms with E-state index in [9.17, 15) is 4.79 Å². The lowest BCUT2D eigenvalue weighted by Gasteiger charge is -2.06. The molecule has 0 bridgehead atoms. The summed E-state index contributed by atoms with van der Waals surface area (Å²) in [6.45, 7) is 2.79. The van der Waals surface area contributed by atoms with Crippen molar-refractivity contribution in [2.75, 3.05) is 11.9 Å². The van der Waals surface area contributed by atoms with Gasteiger partial charge in [-0.15, -0.1) is 5.10 Å². The first kappa shape index (κ1) is 15.6. The fourth-order valence-electron chi connectivity index (χ4n) is 2.69. The van der Waals surface area contributed by atoms with Gasteiger partial charge in [0.1, 0.15) is 5.75 Å². The summed E-state index contributed by atoms with van der Waals surface area (Å²) in [4.78, 5) is 16.4. The van der Waals surface area contributed by atoms with Gasteiger partial charge in [-0.25, -0.2) is 4.52 Å². The number of amides is 1. The summed E-state index contributed by atoms with van der Waals surface area (Å²) in [6, 6.07) is 11.9. The van der Waals surface area contributed by atoms with Gasteiger partial charge in [0.05, 0.1) is 6.61 Å². The van der Waals surface area contributed by atoms with Crippen molar-refractivity contribution in [1.82, 2.24) is 14.6 Å². The van der Waals surface area contributed by atoms with Crippen LogP contribution in [0.5, 0.6) is 5.75 Å². The Morgan fingerprint density at radius 2 is 2.08 bits per heavy atom. The van der Waals surface area contributed by atoms with E-state index in [0.29, 0.717) is 12.6 Å². The number of ether oxygens (including phenoxy) is 1. The van der Waals surface area contributed by atoms with Crippen molar-refractivity contribution >= 4 is 17.5 Å². The van der Waals surface area contributed by atoms with Gasteiger partial charge < -0.3 is 4.74 Å². The average Bonchev–Trinajstić information content (AvgIpc) is 3.40. The maximum atomic E-state index is 11.9. The monoisotopic (exact) mass is 336 g/mol. The molecule has 2 heterocycles. The number of hydrogen-bond acceptors (Lipinski definition) is 4. The molecule has 1 fully saturated rings. The molecule has 6 nitrogen and oxygen atoms in total. The highest BCUT2D eigenvalue weighted by molar-refractivity contribution is 5.93. The van der Waals surface area contributed by atoms with Crippen molar-refractivity contribution in [2.24, 2.45) is 5.92 Å². The minimum absolute atomic E-state index is 0.00915. The molecule has 2 aromatic heterocycles. The second kappa shape index (κ2) is 6.55. The van der Waals surface area contributed by atoms with Gasteiger partial charge in [-0.1, -0.05) is 19.1 Å². The van der Waals surface area contributed by atoms with Crippen molar-refractivity contribution in [2.45, 2.75) is 26.2 Å². The van der Waals surface area contributed by atoms with Crippen LogP contribution in [0, 0.1) is 5.92 Å². The molecule has 0 aliphatic heterocycles. The highest BCUT2D eigenvalue weighted by atomic mass is 16.5. The normalized spacial score (nSPS) is 13.8. The molecule has 4 rings (SSSR count). The number of carbonyl (C=O) groups excluding carboxylic acids is 1. The molecule has 0 spiro atoms. The number of rotatable bonds is 6. The lowest BCUT2D eigenvalue weighted by Crippen LogP contribution is -2.14. The maximum Gasteiger partial charge on any atom is 0.249 e. The molecule has 1 N–H and O–H groups in total. The zero-order valence-corrected chi connectivity index (χ0v) is 14.1. The maximum absolute atomic E-state index is 11.9. The number of nitrogens with one attached hydrogen (secondary N) is 1. The molecule has 1 aliphatic rings. The molecule has 1 amide bonds. The van der Waals surface area contributed by atoms with E-state index in [1.807, 2.05) is 42.6 Å². The van der Waals surface area contributed by atoms with Gasteiger partial charge in [0.15, 0.2) is 5.65 Å². The van der Waals surface area contributed by atoms with Crippen molar-refractivity contribution in [1.29, 1.82) is 0 Å². The average molecular weight is 336 g/mol. The van der Waals surface area contributed by atoms with E-state index in [-0.39, 0.29) is 11.8 Å². The van der Waals surface area contributed by atoms with Crippen LogP contribution >= 0.6 is 0 Å². The van der Waals surface area contributed by atoms with Crippen molar-refractivity contribution in [3.05, 3.63) is 42.6 Å². The highest BCUT2D eigenvalue weighted by Crippen LogP contribution is 2.30. The van der Waals surface area contributed by atoms with Crippen molar-refractivity contribution in [3.8, 4) is 16.9 Å². The SMILES string of the molecule is CCCOc1ccc(-c2cccn3nc(NC(=O)C4CC4)nc23)cc1. The Balaban J connectivity index is 1.62. The van der Waals surface area contributed by atoms with Crippen molar-refractivity contribution in [3.63, 3.8) is 0 Å². The Morgan fingerprint density at radius 3 is 2.80 bits per heavy atom. The fraction of sp³-hybridized carbons (Fsp3) is 0.316. The Kier molecular flexibility index (Phi) is 4.09. The molecule has 1 aromatic carbocycles. The highest BCUT2D eigenvalue weighted by Gasteiger charge is 2.30. The Bertz CT molecular complexity index is 897. The van der Waals surface area contributed by atoms with Crippen LogP contribution in [0.4, 0.5) is 5.95 Å². The molecule has 0 atom stereocenters. The van der Waals surface area contributed by atoms with Crippen molar-refractivity contribution < 1.29 is 9.53 Å². The molecule has 0 unspecified atom stereocenters. The number of anilines is 1. The van der Waals surface area contributed by atoms with E-state index in [2.05, 4.69) is 22.3 Å². The lowest BCUT2D eigenvalue weighted by molar-refractivity contribution is -0.117. The van der Waals surface area contributed by atoms with Crippen LogP contribution in [-0.2, 0) is 4.79 Å². The molecular weight excluding hydrogens is 316 g/mol. The van der Waals surface area contributed by atoms with E-state index in [4.69, 9.17) is 4.74 Å². The number of aromatic nitrogens is 3. The number of hydrogen-bond donors (Lipinski definition) is 1. The summed E-state index contributed by atoms with van der Waals surface area (Å²) in [5.74, 6) is 1.35. The van der Waals surface area contributed by atoms with Gasteiger partial charge in [0, 0.05) is 17.7 Å². The van der Waals surface area contributed by atoms with Gasteiger partial charge in [-0.3, -0.25) is 10.1 Å². The Morgan fingerprint density at radius 1 is 1.28 bits per heavy atom. The number of carbonyl (C=O) groups is 1. The second-order valence-electron chi connectivity index (χ2n) is 6.26. The van der Waals surface area contributed by atoms with Gasteiger partial charge in [-0.2, -0.15) is 4.98 Å². The predicted molar refractivity (Wildman–Crippen MR) is 95.6 cm³/mol. The van der Waals surface area contributed by atoms with Crippen LogP contribution in [0.25, 0.3) is 16.8 Å². The minimum atomic E-state index is 0.00915. The molecule has 0 radical (unpaired) electrons. The topological polar surface area (TPSA) is 68.5 Å². The Hall–Kier alpha value is -2.89. The molecule has 3 aromatic rings. The van der Waals surface area contributed by atoms with E-state index in [1.165, 1.54) is 0 Å². The third-order valence-corrected chi connectivity index (χ3v) is 4.18. The molecule has 0 saturated heterocycles. The van der Waals surface area contributed by atoms with Crippen LogP contribution < -0.4 is 10.1 Å². The number of pyridine rings is 1. The first-order chi connectivity index (χ1) is 12.2. The molecule has 1 aliphatic carbocycles. The third kappa shape index (κ3) is 3.33. The van der Waals surface area contributed by atoms with E-state index in [0.717, 1.165) is 41.8 Å². The van der Waals surface area contributed by atoms with Crippen LogP contribution in [0.3, 0.4) is 0 Å². The molecule has 6 heteroatoms. The zero-order valence-electron chi connectivity index (χ0n) is 14.1. The largest absolute Gasteiger partial charge is 0.494 e. The summed E-state index contributed by atoms with van der Waals surface area (Å²) in [6.07, 6.45) is 4.72. The number of fused-ring (bicyclic) bond motifs is 1. The van der Waals surface area contributed by atoms with Crippen LogP contribution in [0.1, 0.15) is 26.2 Å². The zero-order chi connectivity index (χ0) is 17.2. The first-order valence-corrected chi connectivity index (χ1v) is 8.64. The standard InChI is InChI=1S/C19H20N4O2/c1-2-12-25-15-9-7-13(8-10-15)16-4-3-11-23-17(16)20-19(22-23)21-18(24)14-5-6-14/h3-4,7-11,14H,2,5-6,12H2,1H3,(H,21,22,24). The number of benzene rings is 1. The van der Waals surface area contributed by atoms with E-state index >= 15 is 0 Å². The third-order valence-electron chi connectivity index (χ3n) is 4.18. The van der Waals surface area contributed by atoms with E-state index < -0.39 is 0 Å². The van der Waals surface area contributed by atoms with Crippen LogP contribution in [-0.4, -0.2) is 27.1 Å². The minimum Gasteiger partial charge on any atom is -0.494 e. The molecule has 1 saturated carbocycles. The summed E-state index contributed by atoms with van der Waals surface area (Å²) in [7, 11) is 0. The smallest absolute Gasteiger partial charge is 0.249 e. The summed E-state index contributed by atoms with van der Waals surface area (Å²) < 4.78 is 7.32. The van der Waals surface area contributed by atoms with Crippen LogP contribution in [0.2, 0.25) is 0 Å². The quantitative estimate of drug-likeness (QED) is 0.747. The summed E-state index contributed by atoms with van der Waals surface area (Å²) >= 11 is 0. The van der Waals surface area contributed by atoms with Gasteiger partial charge in [0.25, 0.3) is 0 Å². The van der Waals surface area contributed by atoms with Crippen LogP contribution in [0.15, 0.2) is 42.6 Å². The first-order valence-electron chi connectivity index (χ1n) is 8.64. The summed E-state index contributed by atoms with van der Waals surface area (Å²) in [5, 5.41) is 7.16. The number of nitrogens with zero attached hydrogens (tertiary/aromatic N) is 3. The predicted octanol–water partition coefficient (Wildman–Crippen LogP) is 3.53. The van der Waals surface area contributed by atoms with Gasteiger partial charge in [-0.05, 0) is 49.1 Å². The van der Waals surface area contributed by atoms with Gasteiger partial charge >= 0.3 is 0 Å². The molecule has 128 valence electrons. The molecule has 25 heavy (non-hydrogen) atoms. The fourth-order valence-corrected chi connectivity index (χ4v) is 2.69.